The fourth-order valence-corrected chi connectivity index (χ4v) is 3.53. The van der Waals surface area contributed by atoms with Crippen molar-refractivity contribution in [1.29, 1.82) is 0 Å². The van der Waals surface area contributed by atoms with E-state index in [0.29, 0.717) is 6.42 Å². The van der Waals surface area contributed by atoms with Gasteiger partial charge in [0.05, 0.1) is 22.7 Å². The first-order chi connectivity index (χ1) is 11.0. The Hall–Kier alpha value is -1.90. The highest BCUT2D eigenvalue weighted by Gasteiger charge is 2.36. The molecular formula is C20H26N2O. The van der Waals surface area contributed by atoms with Gasteiger partial charge < -0.3 is 5.32 Å². The average molecular weight is 310 g/mol. The van der Waals surface area contributed by atoms with Crippen LogP contribution in [-0.4, -0.2) is 11.5 Å². The molecule has 1 aliphatic carbocycles. The fraction of sp³-hybridized carbons (Fsp3) is 0.500. The highest BCUT2D eigenvalue weighted by Crippen LogP contribution is 2.41. The Bertz CT molecular complexity index is 683. The standard InChI is InChI=1S/C20H26N2O/c1-4-5-6-11-16-19-17(12-20(2,3)13-18(19)23)22-15-10-8-7-9-14(15)21-16/h7-10,22H,4-6,11-13H2,1-3H3. The van der Waals surface area contributed by atoms with E-state index in [2.05, 4.69) is 26.1 Å². The van der Waals surface area contributed by atoms with Gasteiger partial charge in [-0.1, -0.05) is 45.7 Å². The van der Waals surface area contributed by atoms with Gasteiger partial charge in [0.2, 0.25) is 0 Å². The van der Waals surface area contributed by atoms with Gasteiger partial charge in [-0.2, -0.15) is 0 Å². The first-order valence-corrected chi connectivity index (χ1v) is 8.70. The second kappa shape index (κ2) is 6.31. The topological polar surface area (TPSA) is 41.5 Å². The number of carbonyl (C=O) groups excluding carboxylic acids is 1. The lowest BCUT2D eigenvalue weighted by atomic mass is 9.74. The summed E-state index contributed by atoms with van der Waals surface area (Å²) < 4.78 is 0. The van der Waals surface area contributed by atoms with Gasteiger partial charge in [-0.25, -0.2) is 0 Å². The molecule has 122 valence electrons. The monoisotopic (exact) mass is 310 g/mol. The van der Waals surface area contributed by atoms with Crippen LogP contribution in [0.2, 0.25) is 0 Å². The maximum Gasteiger partial charge on any atom is 0.167 e. The molecule has 0 fully saturated rings. The van der Waals surface area contributed by atoms with Crippen LogP contribution in [0.25, 0.3) is 0 Å². The Morgan fingerprint density at radius 2 is 1.96 bits per heavy atom. The van der Waals surface area contributed by atoms with Gasteiger partial charge in [-0.15, -0.1) is 0 Å². The molecule has 3 rings (SSSR count). The number of benzene rings is 1. The molecular weight excluding hydrogens is 284 g/mol. The zero-order valence-corrected chi connectivity index (χ0v) is 14.4. The summed E-state index contributed by atoms with van der Waals surface area (Å²) in [5, 5.41) is 3.51. The normalized spacial score (nSPS) is 19.4. The number of aliphatic imine (C=N–C) groups is 1. The van der Waals surface area contributed by atoms with Gasteiger partial charge >= 0.3 is 0 Å². The van der Waals surface area contributed by atoms with Crippen LogP contribution in [0.15, 0.2) is 40.5 Å². The number of anilines is 1. The number of para-hydroxylation sites is 2. The zero-order valence-electron chi connectivity index (χ0n) is 14.4. The molecule has 2 aliphatic rings. The van der Waals surface area contributed by atoms with E-state index in [0.717, 1.165) is 47.6 Å². The van der Waals surface area contributed by atoms with E-state index in [1.54, 1.807) is 0 Å². The minimum atomic E-state index is 0.0106. The predicted molar refractivity (Wildman–Crippen MR) is 96.3 cm³/mol. The Balaban J connectivity index is 2.04. The SMILES string of the molecule is CCCCCC1=Nc2ccccc2NC2=C1C(=O)CC(C)(C)C2. The summed E-state index contributed by atoms with van der Waals surface area (Å²) in [7, 11) is 0. The molecule has 0 amide bonds. The van der Waals surface area contributed by atoms with Crippen LogP contribution >= 0.6 is 0 Å². The first kappa shape index (κ1) is 16.0. The van der Waals surface area contributed by atoms with E-state index < -0.39 is 0 Å². The van der Waals surface area contributed by atoms with Crippen LogP contribution in [0, 0.1) is 5.41 Å². The first-order valence-electron chi connectivity index (χ1n) is 8.70. The number of rotatable bonds is 4. The van der Waals surface area contributed by atoms with Crippen LogP contribution in [0.1, 0.15) is 59.3 Å². The molecule has 3 nitrogen and oxygen atoms in total. The summed E-state index contributed by atoms with van der Waals surface area (Å²) in [4.78, 5) is 17.7. The number of unbranched alkanes of at least 4 members (excludes halogenated alkanes) is 2. The lowest BCUT2D eigenvalue weighted by Gasteiger charge is -2.32. The number of hydrogen-bond donors (Lipinski definition) is 1. The van der Waals surface area contributed by atoms with Crippen molar-refractivity contribution in [2.24, 2.45) is 10.4 Å². The maximum absolute atomic E-state index is 12.8. The summed E-state index contributed by atoms with van der Waals surface area (Å²) >= 11 is 0. The predicted octanol–water partition coefficient (Wildman–Crippen LogP) is 5.41. The summed E-state index contributed by atoms with van der Waals surface area (Å²) in [6.45, 7) is 6.53. The quantitative estimate of drug-likeness (QED) is 0.756. The molecule has 1 N–H and O–H groups in total. The number of hydrogen-bond acceptors (Lipinski definition) is 3. The van der Waals surface area contributed by atoms with Gasteiger partial charge in [0.1, 0.15) is 0 Å². The van der Waals surface area contributed by atoms with Crippen molar-refractivity contribution in [3.05, 3.63) is 35.5 Å². The molecule has 1 aromatic carbocycles. The third kappa shape index (κ3) is 3.39. The van der Waals surface area contributed by atoms with E-state index in [9.17, 15) is 4.79 Å². The van der Waals surface area contributed by atoms with Crippen LogP contribution in [-0.2, 0) is 4.79 Å². The number of carbonyl (C=O) groups is 1. The molecule has 1 heterocycles. The highest BCUT2D eigenvalue weighted by molar-refractivity contribution is 6.25. The van der Waals surface area contributed by atoms with Gasteiger partial charge in [0.15, 0.2) is 5.78 Å². The molecule has 0 atom stereocenters. The van der Waals surface area contributed by atoms with Gasteiger partial charge in [0, 0.05) is 12.1 Å². The van der Waals surface area contributed by atoms with Crippen LogP contribution < -0.4 is 5.32 Å². The van der Waals surface area contributed by atoms with Crippen molar-refractivity contribution in [3.8, 4) is 0 Å². The van der Waals surface area contributed by atoms with Crippen molar-refractivity contribution < 1.29 is 4.79 Å². The van der Waals surface area contributed by atoms with E-state index in [1.165, 1.54) is 12.8 Å². The van der Waals surface area contributed by atoms with Crippen LogP contribution in [0.3, 0.4) is 0 Å². The zero-order chi connectivity index (χ0) is 16.4. The molecule has 3 heteroatoms. The molecule has 0 unspecified atom stereocenters. The molecule has 0 saturated heterocycles. The summed E-state index contributed by atoms with van der Waals surface area (Å²) in [5.41, 5.74) is 4.86. The fourth-order valence-electron chi connectivity index (χ4n) is 3.53. The smallest absolute Gasteiger partial charge is 0.167 e. The molecule has 1 aromatic rings. The Morgan fingerprint density at radius 3 is 2.74 bits per heavy atom. The third-order valence-corrected chi connectivity index (χ3v) is 4.63. The van der Waals surface area contributed by atoms with Gasteiger partial charge in [-0.3, -0.25) is 9.79 Å². The number of allylic oxidation sites excluding steroid dienone is 2. The molecule has 0 saturated carbocycles. The largest absolute Gasteiger partial charge is 0.356 e. The minimum absolute atomic E-state index is 0.0106. The highest BCUT2D eigenvalue weighted by atomic mass is 16.1. The van der Waals surface area contributed by atoms with Gasteiger partial charge in [0.25, 0.3) is 0 Å². The molecule has 0 radical (unpaired) electrons. The van der Waals surface area contributed by atoms with E-state index >= 15 is 0 Å². The lowest BCUT2D eigenvalue weighted by Crippen LogP contribution is -2.31. The van der Waals surface area contributed by atoms with E-state index in [4.69, 9.17) is 4.99 Å². The maximum atomic E-state index is 12.8. The summed E-state index contributed by atoms with van der Waals surface area (Å²) in [6.07, 6.45) is 5.83. The van der Waals surface area contributed by atoms with Crippen LogP contribution in [0.4, 0.5) is 11.4 Å². The summed E-state index contributed by atoms with van der Waals surface area (Å²) in [5.74, 6) is 0.242. The lowest BCUT2D eigenvalue weighted by molar-refractivity contribution is -0.117. The van der Waals surface area contributed by atoms with Crippen molar-refractivity contribution in [2.45, 2.75) is 59.3 Å². The molecule has 0 aromatic heterocycles. The average Bonchev–Trinajstić information content (AvgIpc) is 2.62. The van der Waals surface area contributed by atoms with Crippen molar-refractivity contribution >= 4 is 22.9 Å². The van der Waals surface area contributed by atoms with Gasteiger partial charge in [-0.05, 0) is 36.8 Å². The second-order valence-corrected chi connectivity index (χ2v) is 7.45. The molecule has 0 bridgehead atoms. The third-order valence-electron chi connectivity index (χ3n) is 4.63. The number of fused-ring (bicyclic) bond motifs is 1. The Kier molecular flexibility index (Phi) is 4.38. The summed E-state index contributed by atoms with van der Waals surface area (Å²) in [6, 6.07) is 8.09. The van der Waals surface area contributed by atoms with E-state index in [1.807, 2.05) is 24.3 Å². The number of nitrogens with one attached hydrogen (secondary N) is 1. The molecule has 0 spiro atoms. The Morgan fingerprint density at radius 1 is 1.17 bits per heavy atom. The van der Waals surface area contributed by atoms with Crippen LogP contribution in [0.5, 0.6) is 0 Å². The minimum Gasteiger partial charge on any atom is -0.356 e. The number of ketones is 1. The molecule has 1 aliphatic heterocycles. The van der Waals surface area contributed by atoms with E-state index in [-0.39, 0.29) is 11.2 Å². The second-order valence-electron chi connectivity index (χ2n) is 7.45. The van der Waals surface area contributed by atoms with Crippen molar-refractivity contribution in [2.75, 3.05) is 5.32 Å². The Labute approximate surface area is 138 Å². The van der Waals surface area contributed by atoms with Crippen molar-refractivity contribution in [1.82, 2.24) is 0 Å². The molecule has 23 heavy (non-hydrogen) atoms. The number of nitrogens with zero attached hydrogens (tertiary/aromatic N) is 1. The number of Topliss-reactive ketones (excluding diaryl/α,β-unsaturated/α-hetero) is 1. The van der Waals surface area contributed by atoms with Crippen molar-refractivity contribution in [3.63, 3.8) is 0 Å².